The second-order valence-electron chi connectivity index (χ2n) is 7.62. The van der Waals surface area contributed by atoms with Gasteiger partial charge in [-0.2, -0.15) is 0 Å². The molecule has 5 aromatic rings. The molecular weight excluding hydrogens is 360 g/mol. The van der Waals surface area contributed by atoms with Crippen molar-refractivity contribution >= 4 is 11.4 Å². The highest BCUT2D eigenvalue weighted by Crippen LogP contribution is 2.32. The predicted octanol–water partition coefficient (Wildman–Crippen LogP) is 4.08. The second-order valence-corrected chi connectivity index (χ2v) is 7.62. The van der Waals surface area contributed by atoms with E-state index in [1.807, 2.05) is 22.9 Å². The van der Waals surface area contributed by atoms with Crippen molar-refractivity contribution in [2.75, 3.05) is 14.1 Å². The van der Waals surface area contributed by atoms with Gasteiger partial charge < -0.3 is 4.90 Å². The van der Waals surface area contributed by atoms with Gasteiger partial charge in [0, 0.05) is 36.9 Å². The van der Waals surface area contributed by atoms with Crippen LogP contribution in [-0.4, -0.2) is 42.7 Å². The molecule has 0 fully saturated rings. The van der Waals surface area contributed by atoms with Crippen LogP contribution in [0, 0.1) is 6.92 Å². The van der Waals surface area contributed by atoms with E-state index in [9.17, 15) is 0 Å². The van der Waals surface area contributed by atoms with Gasteiger partial charge in [-0.05, 0) is 44.8 Å². The topological polar surface area (TPSA) is 50.7 Å². The SMILES string of the molecule is Cc1ccc(-c2nc3cc(CN(C)C)ccn3c2-c2ccn3ccnc3n2)cc1. The summed E-state index contributed by atoms with van der Waals surface area (Å²) in [7, 11) is 4.14. The summed E-state index contributed by atoms with van der Waals surface area (Å²) < 4.78 is 4.03. The second kappa shape index (κ2) is 6.83. The third kappa shape index (κ3) is 3.17. The molecule has 0 N–H and O–H groups in total. The molecule has 4 aromatic heterocycles. The van der Waals surface area contributed by atoms with Crippen LogP contribution < -0.4 is 0 Å². The van der Waals surface area contributed by atoms with Crippen LogP contribution in [0.2, 0.25) is 0 Å². The number of aromatic nitrogens is 5. The van der Waals surface area contributed by atoms with Gasteiger partial charge in [-0.15, -0.1) is 0 Å². The lowest BCUT2D eigenvalue weighted by Crippen LogP contribution is -2.10. The quantitative estimate of drug-likeness (QED) is 0.470. The first-order valence-corrected chi connectivity index (χ1v) is 9.61. The molecule has 0 atom stereocenters. The van der Waals surface area contributed by atoms with E-state index in [0.29, 0.717) is 5.78 Å². The highest BCUT2D eigenvalue weighted by molar-refractivity contribution is 5.81. The van der Waals surface area contributed by atoms with Crippen LogP contribution in [-0.2, 0) is 6.54 Å². The van der Waals surface area contributed by atoms with E-state index in [4.69, 9.17) is 9.97 Å². The summed E-state index contributed by atoms with van der Waals surface area (Å²) in [6, 6.07) is 14.8. The Bertz CT molecular complexity index is 1310. The maximum absolute atomic E-state index is 5.00. The molecule has 0 aliphatic heterocycles. The van der Waals surface area contributed by atoms with Crippen LogP contribution in [0.25, 0.3) is 34.1 Å². The molecule has 29 heavy (non-hydrogen) atoms. The third-order valence-corrected chi connectivity index (χ3v) is 5.02. The molecule has 0 aliphatic carbocycles. The number of rotatable bonds is 4. The first-order chi connectivity index (χ1) is 14.1. The minimum atomic E-state index is 0.677. The monoisotopic (exact) mass is 382 g/mol. The van der Waals surface area contributed by atoms with E-state index in [1.165, 1.54) is 11.1 Å². The first-order valence-electron chi connectivity index (χ1n) is 9.61. The molecule has 4 heterocycles. The van der Waals surface area contributed by atoms with Crippen molar-refractivity contribution in [1.29, 1.82) is 0 Å². The van der Waals surface area contributed by atoms with Gasteiger partial charge in [0.2, 0.25) is 5.78 Å². The van der Waals surface area contributed by atoms with E-state index in [0.717, 1.165) is 34.8 Å². The van der Waals surface area contributed by atoms with Gasteiger partial charge in [-0.25, -0.2) is 15.0 Å². The number of aryl methyl sites for hydroxylation is 1. The zero-order chi connectivity index (χ0) is 20.0. The highest BCUT2D eigenvalue weighted by Gasteiger charge is 2.18. The van der Waals surface area contributed by atoms with Gasteiger partial charge in [0.05, 0.1) is 17.1 Å². The maximum atomic E-state index is 5.00. The van der Waals surface area contributed by atoms with Crippen molar-refractivity contribution < 1.29 is 0 Å². The Morgan fingerprint density at radius 1 is 0.931 bits per heavy atom. The van der Waals surface area contributed by atoms with E-state index in [2.05, 4.69) is 77.9 Å². The number of hydrogen-bond donors (Lipinski definition) is 0. The summed E-state index contributed by atoms with van der Waals surface area (Å²) in [5.74, 6) is 0.677. The Labute approximate surface area is 169 Å². The normalized spacial score (nSPS) is 11.7. The first kappa shape index (κ1) is 17.6. The molecule has 0 saturated heterocycles. The standard InChI is InChI=1S/C23H22N6/c1-16-4-6-18(7-5-16)21-22(19-9-11-28-13-10-24-23(28)25-19)29-12-8-17(15-27(2)3)14-20(29)26-21/h4-14H,15H2,1-3H3. The van der Waals surface area contributed by atoms with Crippen LogP contribution in [0.4, 0.5) is 0 Å². The van der Waals surface area contributed by atoms with Crippen molar-refractivity contribution in [3.05, 3.63) is 78.4 Å². The smallest absolute Gasteiger partial charge is 0.234 e. The molecule has 0 unspecified atom stereocenters. The average Bonchev–Trinajstić information content (AvgIpc) is 3.31. The Morgan fingerprint density at radius 2 is 1.76 bits per heavy atom. The highest BCUT2D eigenvalue weighted by atomic mass is 15.1. The molecule has 0 amide bonds. The average molecular weight is 382 g/mol. The molecule has 5 rings (SSSR count). The van der Waals surface area contributed by atoms with E-state index in [-0.39, 0.29) is 0 Å². The van der Waals surface area contributed by atoms with Gasteiger partial charge in [-0.3, -0.25) is 8.80 Å². The van der Waals surface area contributed by atoms with Gasteiger partial charge >= 0.3 is 0 Å². The van der Waals surface area contributed by atoms with Gasteiger partial charge in [0.15, 0.2) is 0 Å². The van der Waals surface area contributed by atoms with Crippen LogP contribution in [0.5, 0.6) is 0 Å². The Balaban J connectivity index is 1.76. The van der Waals surface area contributed by atoms with E-state index in [1.54, 1.807) is 6.20 Å². The summed E-state index contributed by atoms with van der Waals surface area (Å²) in [5, 5.41) is 0. The van der Waals surface area contributed by atoms with E-state index >= 15 is 0 Å². The summed E-state index contributed by atoms with van der Waals surface area (Å²) in [4.78, 5) is 16.3. The molecule has 0 bridgehead atoms. The molecular formula is C23H22N6. The van der Waals surface area contributed by atoms with Crippen molar-refractivity contribution in [3.63, 3.8) is 0 Å². The largest absolute Gasteiger partial charge is 0.305 e. The molecule has 144 valence electrons. The Kier molecular flexibility index (Phi) is 4.14. The number of hydrogen-bond acceptors (Lipinski definition) is 4. The minimum Gasteiger partial charge on any atom is -0.305 e. The molecule has 0 spiro atoms. The Morgan fingerprint density at radius 3 is 2.55 bits per heavy atom. The number of fused-ring (bicyclic) bond motifs is 2. The summed E-state index contributed by atoms with van der Waals surface area (Å²) in [6.07, 6.45) is 7.74. The molecule has 0 radical (unpaired) electrons. The van der Waals surface area contributed by atoms with Gasteiger partial charge in [0.1, 0.15) is 5.65 Å². The number of nitrogens with zero attached hydrogens (tertiary/aromatic N) is 6. The van der Waals surface area contributed by atoms with Crippen LogP contribution in [0.3, 0.4) is 0 Å². The molecule has 6 heteroatoms. The molecule has 6 nitrogen and oxygen atoms in total. The van der Waals surface area contributed by atoms with Gasteiger partial charge in [0.25, 0.3) is 0 Å². The van der Waals surface area contributed by atoms with Crippen molar-refractivity contribution in [2.24, 2.45) is 0 Å². The van der Waals surface area contributed by atoms with Crippen LogP contribution >= 0.6 is 0 Å². The fourth-order valence-electron chi connectivity index (χ4n) is 3.64. The van der Waals surface area contributed by atoms with Gasteiger partial charge in [-0.1, -0.05) is 29.8 Å². The number of imidazole rings is 2. The van der Waals surface area contributed by atoms with Crippen molar-refractivity contribution in [1.82, 2.24) is 28.7 Å². The lowest BCUT2D eigenvalue weighted by Gasteiger charge is -2.10. The van der Waals surface area contributed by atoms with E-state index < -0.39 is 0 Å². The van der Waals surface area contributed by atoms with Crippen LogP contribution in [0.1, 0.15) is 11.1 Å². The predicted molar refractivity (Wildman–Crippen MR) is 115 cm³/mol. The lowest BCUT2D eigenvalue weighted by atomic mass is 10.1. The third-order valence-electron chi connectivity index (χ3n) is 5.02. The Hall–Kier alpha value is -3.51. The minimum absolute atomic E-state index is 0.677. The summed E-state index contributed by atoms with van der Waals surface area (Å²) in [6.45, 7) is 2.96. The van der Waals surface area contributed by atoms with Crippen molar-refractivity contribution in [3.8, 4) is 22.6 Å². The molecule has 0 aliphatic rings. The summed E-state index contributed by atoms with van der Waals surface area (Å²) in [5.41, 5.74) is 7.21. The zero-order valence-corrected chi connectivity index (χ0v) is 16.7. The molecule has 0 saturated carbocycles. The fourth-order valence-corrected chi connectivity index (χ4v) is 3.64. The fraction of sp³-hybridized carbons (Fsp3) is 0.174. The maximum Gasteiger partial charge on any atom is 0.234 e. The van der Waals surface area contributed by atoms with Crippen LogP contribution in [0.15, 0.2) is 67.3 Å². The summed E-state index contributed by atoms with van der Waals surface area (Å²) >= 11 is 0. The zero-order valence-electron chi connectivity index (χ0n) is 16.7. The molecule has 1 aromatic carbocycles. The van der Waals surface area contributed by atoms with Crippen molar-refractivity contribution in [2.45, 2.75) is 13.5 Å². The number of benzene rings is 1. The lowest BCUT2D eigenvalue weighted by molar-refractivity contribution is 0.402. The number of pyridine rings is 1.